The molecule has 0 amide bonds. The Bertz CT molecular complexity index is 731. The lowest BCUT2D eigenvalue weighted by molar-refractivity contribution is 0.423. The summed E-state index contributed by atoms with van der Waals surface area (Å²) in [5, 5.41) is 15.6. The molecule has 1 saturated carbocycles. The minimum absolute atomic E-state index is 0.327. The molecule has 1 fully saturated rings. The number of nitriles is 1. The van der Waals surface area contributed by atoms with Crippen LogP contribution in [-0.2, 0) is 5.54 Å². The summed E-state index contributed by atoms with van der Waals surface area (Å²) in [5.74, 6) is 0.551. The molecule has 0 bridgehead atoms. The molecule has 6 nitrogen and oxygen atoms in total. The van der Waals surface area contributed by atoms with Crippen molar-refractivity contribution < 1.29 is 0 Å². The van der Waals surface area contributed by atoms with Crippen molar-refractivity contribution >= 4 is 0 Å². The van der Waals surface area contributed by atoms with E-state index in [4.69, 9.17) is 11.0 Å². The van der Waals surface area contributed by atoms with E-state index >= 15 is 0 Å². The van der Waals surface area contributed by atoms with Crippen LogP contribution in [0.1, 0.15) is 37.1 Å². The van der Waals surface area contributed by atoms with Crippen molar-refractivity contribution in [3.63, 3.8) is 0 Å². The molecule has 3 rings (SSSR count). The number of nitrogens with zero attached hydrogens (tertiary/aromatic N) is 3. The Balaban J connectivity index is 2.17. The van der Waals surface area contributed by atoms with Crippen molar-refractivity contribution in [2.24, 2.45) is 5.73 Å². The summed E-state index contributed by atoms with van der Waals surface area (Å²) in [6, 6.07) is 8.95. The van der Waals surface area contributed by atoms with E-state index in [1.165, 1.54) is 4.57 Å². The van der Waals surface area contributed by atoms with Gasteiger partial charge in [-0.2, -0.15) is 10.4 Å². The summed E-state index contributed by atoms with van der Waals surface area (Å²) in [6.07, 6.45) is 3.70. The van der Waals surface area contributed by atoms with E-state index in [9.17, 15) is 4.79 Å². The topological polar surface area (TPSA) is 100 Å². The van der Waals surface area contributed by atoms with Crippen molar-refractivity contribution in [1.82, 2.24) is 14.8 Å². The molecular formula is C14H15N5O. The van der Waals surface area contributed by atoms with Gasteiger partial charge in [0.25, 0.3) is 0 Å². The maximum absolute atomic E-state index is 12.0. The lowest BCUT2D eigenvalue weighted by Crippen LogP contribution is -2.37. The third kappa shape index (κ3) is 1.92. The third-order valence-electron chi connectivity index (χ3n) is 3.85. The van der Waals surface area contributed by atoms with Gasteiger partial charge in [0.15, 0.2) is 5.82 Å². The van der Waals surface area contributed by atoms with Gasteiger partial charge < -0.3 is 5.73 Å². The number of nitrogens with two attached hydrogens (primary N) is 1. The molecule has 102 valence electrons. The molecule has 1 aliphatic rings. The highest BCUT2D eigenvalue weighted by Gasteiger charge is 2.36. The Morgan fingerprint density at radius 3 is 2.85 bits per heavy atom. The summed E-state index contributed by atoms with van der Waals surface area (Å²) in [7, 11) is 0. The lowest BCUT2D eigenvalue weighted by Gasteiger charge is -2.22. The van der Waals surface area contributed by atoms with Gasteiger partial charge in [0, 0.05) is 0 Å². The van der Waals surface area contributed by atoms with Crippen LogP contribution in [-0.4, -0.2) is 14.8 Å². The monoisotopic (exact) mass is 269 g/mol. The first-order chi connectivity index (χ1) is 9.64. The van der Waals surface area contributed by atoms with E-state index in [0.717, 1.165) is 25.7 Å². The van der Waals surface area contributed by atoms with Crippen molar-refractivity contribution in [1.29, 1.82) is 5.26 Å². The minimum atomic E-state index is -0.568. The second-order valence-electron chi connectivity index (χ2n) is 5.21. The van der Waals surface area contributed by atoms with Crippen molar-refractivity contribution in [2.75, 3.05) is 0 Å². The zero-order valence-electron chi connectivity index (χ0n) is 11.0. The molecule has 3 N–H and O–H groups in total. The molecule has 6 heteroatoms. The number of benzene rings is 1. The first-order valence-corrected chi connectivity index (χ1v) is 6.61. The first kappa shape index (κ1) is 12.6. The molecule has 1 aromatic carbocycles. The van der Waals surface area contributed by atoms with E-state index in [1.807, 2.05) is 0 Å². The fourth-order valence-electron chi connectivity index (χ4n) is 2.81. The van der Waals surface area contributed by atoms with E-state index in [0.29, 0.717) is 17.1 Å². The van der Waals surface area contributed by atoms with Crippen LogP contribution in [0.3, 0.4) is 0 Å². The second-order valence-corrected chi connectivity index (χ2v) is 5.21. The van der Waals surface area contributed by atoms with Gasteiger partial charge in [-0.15, -0.1) is 0 Å². The fourth-order valence-corrected chi connectivity index (χ4v) is 2.81. The van der Waals surface area contributed by atoms with Crippen LogP contribution >= 0.6 is 0 Å². The summed E-state index contributed by atoms with van der Waals surface area (Å²) >= 11 is 0. The van der Waals surface area contributed by atoms with Gasteiger partial charge in [-0.05, 0) is 31.0 Å². The summed E-state index contributed by atoms with van der Waals surface area (Å²) in [5.41, 5.74) is 6.62. The van der Waals surface area contributed by atoms with Crippen LogP contribution in [0.2, 0.25) is 0 Å². The Morgan fingerprint density at radius 2 is 2.15 bits per heavy atom. The molecule has 2 aromatic rings. The predicted octanol–water partition coefficient (Wildman–Crippen LogP) is 1.16. The van der Waals surface area contributed by atoms with Crippen LogP contribution < -0.4 is 11.4 Å². The van der Waals surface area contributed by atoms with Gasteiger partial charge in [-0.25, -0.2) is 14.5 Å². The van der Waals surface area contributed by atoms with Gasteiger partial charge in [-0.3, -0.25) is 0 Å². The Morgan fingerprint density at radius 1 is 1.40 bits per heavy atom. The average Bonchev–Trinajstić information content (AvgIpc) is 3.06. The van der Waals surface area contributed by atoms with Gasteiger partial charge in [0.2, 0.25) is 0 Å². The number of rotatable bonds is 2. The van der Waals surface area contributed by atoms with Gasteiger partial charge in [0.1, 0.15) is 0 Å². The van der Waals surface area contributed by atoms with Crippen LogP contribution in [0.15, 0.2) is 29.1 Å². The second kappa shape index (κ2) is 4.62. The molecule has 1 aliphatic carbocycles. The highest BCUT2D eigenvalue weighted by molar-refractivity contribution is 5.42. The Kier molecular flexibility index (Phi) is 2.92. The molecule has 0 unspecified atom stereocenters. The van der Waals surface area contributed by atoms with Gasteiger partial charge in [-0.1, -0.05) is 18.9 Å². The summed E-state index contributed by atoms with van der Waals surface area (Å²) in [4.78, 5) is 12.0. The van der Waals surface area contributed by atoms with Gasteiger partial charge in [0.05, 0.1) is 22.9 Å². The van der Waals surface area contributed by atoms with E-state index in [1.54, 1.807) is 24.3 Å². The Labute approximate surface area is 115 Å². The van der Waals surface area contributed by atoms with E-state index in [-0.39, 0.29) is 5.69 Å². The zero-order valence-corrected chi connectivity index (χ0v) is 11.0. The SMILES string of the molecule is N#Cc1cccc(-n2c(C3(N)CCCC3)n[nH]c2=O)c1. The molecule has 20 heavy (non-hydrogen) atoms. The number of aromatic nitrogens is 3. The maximum atomic E-state index is 12.0. The molecule has 1 aromatic heterocycles. The van der Waals surface area contributed by atoms with Crippen molar-refractivity contribution in [3.05, 3.63) is 46.1 Å². The molecule has 1 heterocycles. The van der Waals surface area contributed by atoms with E-state index in [2.05, 4.69) is 16.3 Å². The summed E-state index contributed by atoms with van der Waals surface area (Å²) < 4.78 is 1.48. The molecular weight excluding hydrogens is 254 g/mol. The number of hydrogen-bond donors (Lipinski definition) is 2. The van der Waals surface area contributed by atoms with E-state index < -0.39 is 5.54 Å². The molecule has 0 spiro atoms. The molecule has 0 aliphatic heterocycles. The summed E-state index contributed by atoms with van der Waals surface area (Å²) in [6.45, 7) is 0. The number of aromatic amines is 1. The van der Waals surface area contributed by atoms with Crippen LogP contribution in [0.5, 0.6) is 0 Å². The maximum Gasteiger partial charge on any atom is 0.347 e. The fraction of sp³-hybridized carbons (Fsp3) is 0.357. The normalized spacial score (nSPS) is 17.0. The largest absolute Gasteiger partial charge is 0.347 e. The standard InChI is InChI=1S/C14H15N5O/c15-9-10-4-3-5-11(8-10)19-12(17-18-13(19)20)14(16)6-1-2-7-14/h3-5,8H,1-2,6-7,16H2,(H,18,20). The van der Waals surface area contributed by atoms with Crippen molar-refractivity contribution in [2.45, 2.75) is 31.2 Å². The van der Waals surface area contributed by atoms with Crippen LogP contribution in [0.25, 0.3) is 5.69 Å². The minimum Gasteiger partial charge on any atom is -0.319 e. The zero-order chi connectivity index (χ0) is 14.2. The predicted molar refractivity (Wildman–Crippen MR) is 73.2 cm³/mol. The molecule has 0 saturated heterocycles. The average molecular weight is 269 g/mol. The molecule has 0 atom stereocenters. The number of nitrogens with one attached hydrogen (secondary N) is 1. The van der Waals surface area contributed by atoms with Gasteiger partial charge >= 0.3 is 5.69 Å². The van der Waals surface area contributed by atoms with Crippen LogP contribution in [0.4, 0.5) is 0 Å². The number of H-pyrrole nitrogens is 1. The first-order valence-electron chi connectivity index (χ1n) is 6.61. The lowest BCUT2D eigenvalue weighted by atomic mass is 9.98. The third-order valence-corrected chi connectivity index (χ3v) is 3.85. The quantitative estimate of drug-likeness (QED) is 0.854. The molecule has 0 radical (unpaired) electrons. The smallest absolute Gasteiger partial charge is 0.319 e. The highest BCUT2D eigenvalue weighted by Crippen LogP contribution is 2.35. The van der Waals surface area contributed by atoms with Crippen molar-refractivity contribution in [3.8, 4) is 11.8 Å². The van der Waals surface area contributed by atoms with Crippen LogP contribution in [0, 0.1) is 11.3 Å². The highest BCUT2D eigenvalue weighted by atomic mass is 16.1. The Hall–Kier alpha value is -2.39. The number of hydrogen-bond acceptors (Lipinski definition) is 4.